The zero-order chi connectivity index (χ0) is 14.8. The first-order chi connectivity index (χ1) is 10.1. The monoisotopic (exact) mass is 293 g/mol. The SMILES string of the molecule is Cc1ccc(N(c2ccccc2)c2cc(C)sc2C)cc1. The molecule has 0 N–H and O–H groups in total. The molecular weight excluding hydrogens is 274 g/mol. The minimum Gasteiger partial charge on any atom is -0.309 e. The number of aryl methyl sites for hydroxylation is 3. The summed E-state index contributed by atoms with van der Waals surface area (Å²) in [5.41, 5.74) is 4.95. The molecule has 0 aliphatic carbocycles. The molecule has 0 unspecified atom stereocenters. The predicted octanol–water partition coefficient (Wildman–Crippen LogP) is 6.14. The van der Waals surface area contributed by atoms with E-state index in [-0.39, 0.29) is 0 Å². The lowest BCUT2D eigenvalue weighted by atomic mass is 10.1. The molecule has 0 aliphatic heterocycles. The molecule has 3 rings (SSSR count). The Kier molecular flexibility index (Phi) is 3.80. The van der Waals surface area contributed by atoms with Crippen LogP contribution in [0.4, 0.5) is 17.1 Å². The standard InChI is InChI=1S/C19H19NS/c1-14-9-11-18(12-10-14)20(17-7-5-4-6-8-17)19-13-15(2)21-16(19)3/h4-13H,1-3H3. The second-order valence-corrected chi connectivity index (χ2v) is 6.77. The Morgan fingerprint density at radius 2 is 1.38 bits per heavy atom. The van der Waals surface area contributed by atoms with Crippen LogP contribution in [0.5, 0.6) is 0 Å². The predicted molar refractivity (Wildman–Crippen MR) is 93.2 cm³/mol. The van der Waals surface area contributed by atoms with Gasteiger partial charge in [-0.3, -0.25) is 0 Å². The molecule has 1 heterocycles. The molecule has 0 amide bonds. The topological polar surface area (TPSA) is 3.24 Å². The van der Waals surface area contributed by atoms with E-state index in [4.69, 9.17) is 0 Å². The summed E-state index contributed by atoms with van der Waals surface area (Å²) >= 11 is 1.85. The highest BCUT2D eigenvalue weighted by molar-refractivity contribution is 7.12. The van der Waals surface area contributed by atoms with E-state index < -0.39 is 0 Å². The summed E-state index contributed by atoms with van der Waals surface area (Å²) in [4.78, 5) is 5.02. The van der Waals surface area contributed by atoms with E-state index in [1.807, 2.05) is 11.3 Å². The zero-order valence-electron chi connectivity index (χ0n) is 12.6. The number of nitrogens with zero attached hydrogens (tertiary/aromatic N) is 1. The van der Waals surface area contributed by atoms with Gasteiger partial charge in [-0.15, -0.1) is 11.3 Å². The Morgan fingerprint density at radius 3 is 1.95 bits per heavy atom. The van der Waals surface area contributed by atoms with Gasteiger partial charge in [0.25, 0.3) is 0 Å². The van der Waals surface area contributed by atoms with Gasteiger partial charge in [-0.05, 0) is 51.1 Å². The quantitative estimate of drug-likeness (QED) is 0.560. The van der Waals surface area contributed by atoms with Crippen molar-refractivity contribution >= 4 is 28.4 Å². The molecule has 0 bridgehead atoms. The van der Waals surface area contributed by atoms with Crippen molar-refractivity contribution in [1.29, 1.82) is 0 Å². The molecule has 1 nitrogen and oxygen atoms in total. The van der Waals surface area contributed by atoms with Crippen molar-refractivity contribution in [2.75, 3.05) is 4.90 Å². The van der Waals surface area contributed by atoms with E-state index in [0.29, 0.717) is 0 Å². The average molecular weight is 293 g/mol. The van der Waals surface area contributed by atoms with Crippen molar-refractivity contribution in [1.82, 2.24) is 0 Å². The highest BCUT2D eigenvalue weighted by atomic mass is 32.1. The first-order valence-electron chi connectivity index (χ1n) is 7.14. The van der Waals surface area contributed by atoms with Gasteiger partial charge >= 0.3 is 0 Å². The van der Waals surface area contributed by atoms with Gasteiger partial charge < -0.3 is 4.90 Å². The van der Waals surface area contributed by atoms with Crippen molar-refractivity contribution < 1.29 is 0 Å². The Morgan fingerprint density at radius 1 is 0.762 bits per heavy atom. The van der Waals surface area contributed by atoms with E-state index >= 15 is 0 Å². The van der Waals surface area contributed by atoms with Crippen LogP contribution in [0, 0.1) is 20.8 Å². The number of para-hydroxylation sites is 1. The van der Waals surface area contributed by atoms with Gasteiger partial charge in [0.1, 0.15) is 0 Å². The second-order valence-electron chi connectivity index (χ2n) is 5.30. The molecule has 0 spiro atoms. The smallest absolute Gasteiger partial charge is 0.0600 e. The summed E-state index contributed by atoms with van der Waals surface area (Å²) in [5.74, 6) is 0. The molecule has 2 aromatic carbocycles. The molecule has 0 aliphatic rings. The Bertz CT molecular complexity index is 726. The van der Waals surface area contributed by atoms with Gasteiger partial charge in [0, 0.05) is 21.1 Å². The van der Waals surface area contributed by atoms with Crippen LogP contribution in [0.3, 0.4) is 0 Å². The third-order valence-electron chi connectivity index (χ3n) is 3.56. The number of thiophene rings is 1. The van der Waals surface area contributed by atoms with Gasteiger partial charge in [-0.2, -0.15) is 0 Å². The molecule has 0 saturated heterocycles. The largest absolute Gasteiger partial charge is 0.309 e. The maximum atomic E-state index is 2.33. The summed E-state index contributed by atoms with van der Waals surface area (Å²) in [6.07, 6.45) is 0. The number of rotatable bonds is 3. The van der Waals surface area contributed by atoms with E-state index in [0.717, 1.165) is 0 Å². The molecule has 2 heteroatoms. The molecule has 0 atom stereocenters. The minimum absolute atomic E-state index is 1.20. The maximum Gasteiger partial charge on any atom is 0.0600 e. The normalized spacial score (nSPS) is 10.6. The van der Waals surface area contributed by atoms with Crippen molar-refractivity contribution in [2.24, 2.45) is 0 Å². The van der Waals surface area contributed by atoms with Gasteiger partial charge in [0.05, 0.1) is 5.69 Å². The van der Waals surface area contributed by atoms with Crippen LogP contribution in [0.15, 0.2) is 60.7 Å². The van der Waals surface area contributed by atoms with Crippen molar-refractivity contribution in [2.45, 2.75) is 20.8 Å². The van der Waals surface area contributed by atoms with E-state index in [2.05, 4.69) is 86.3 Å². The second kappa shape index (κ2) is 5.74. The fourth-order valence-corrected chi connectivity index (χ4v) is 3.45. The van der Waals surface area contributed by atoms with E-state index in [1.165, 1.54) is 32.4 Å². The van der Waals surface area contributed by atoms with Crippen LogP contribution in [0.2, 0.25) is 0 Å². The van der Waals surface area contributed by atoms with Crippen molar-refractivity contribution in [3.63, 3.8) is 0 Å². The van der Waals surface area contributed by atoms with Gasteiger partial charge in [-0.25, -0.2) is 0 Å². The molecule has 1 aromatic heterocycles. The number of benzene rings is 2. The highest BCUT2D eigenvalue weighted by Crippen LogP contribution is 2.39. The molecule has 0 saturated carbocycles. The van der Waals surface area contributed by atoms with Gasteiger partial charge in [0.15, 0.2) is 0 Å². The Balaban J connectivity index is 2.16. The highest BCUT2D eigenvalue weighted by Gasteiger charge is 2.15. The molecular formula is C19H19NS. The number of anilines is 3. The first-order valence-corrected chi connectivity index (χ1v) is 7.95. The summed E-state index contributed by atoms with van der Waals surface area (Å²) in [6, 6.07) is 21.5. The van der Waals surface area contributed by atoms with E-state index in [9.17, 15) is 0 Å². The minimum atomic E-state index is 1.20. The fourth-order valence-electron chi connectivity index (χ4n) is 2.54. The third-order valence-corrected chi connectivity index (χ3v) is 4.52. The first kappa shape index (κ1) is 13.9. The summed E-state index contributed by atoms with van der Waals surface area (Å²) in [5, 5.41) is 0. The summed E-state index contributed by atoms with van der Waals surface area (Å²) in [6.45, 7) is 6.48. The third kappa shape index (κ3) is 2.86. The van der Waals surface area contributed by atoms with Crippen LogP contribution >= 0.6 is 11.3 Å². The van der Waals surface area contributed by atoms with Gasteiger partial charge in [0.2, 0.25) is 0 Å². The molecule has 21 heavy (non-hydrogen) atoms. The summed E-state index contributed by atoms with van der Waals surface area (Å²) in [7, 11) is 0. The van der Waals surface area contributed by atoms with Crippen molar-refractivity contribution in [3.8, 4) is 0 Å². The number of hydrogen-bond donors (Lipinski definition) is 0. The zero-order valence-corrected chi connectivity index (χ0v) is 13.4. The van der Waals surface area contributed by atoms with Gasteiger partial charge in [-0.1, -0.05) is 35.9 Å². The van der Waals surface area contributed by atoms with Crippen LogP contribution < -0.4 is 4.90 Å². The van der Waals surface area contributed by atoms with Crippen LogP contribution in [-0.4, -0.2) is 0 Å². The van der Waals surface area contributed by atoms with Crippen molar-refractivity contribution in [3.05, 3.63) is 76.0 Å². The van der Waals surface area contributed by atoms with E-state index in [1.54, 1.807) is 0 Å². The lowest BCUT2D eigenvalue weighted by Gasteiger charge is -2.25. The average Bonchev–Trinajstić information content (AvgIpc) is 2.81. The molecule has 3 aromatic rings. The van der Waals surface area contributed by atoms with Crippen LogP contribution in [0.1, 0.15) is 15.3 Å². The van der Waals surface area contributed by atoms with Crippen LogP contribution in [-0.2, 0) is 0 Å². The lowest BCUT2D eigenvalue weighted by Crippen LogP contribution is -2.09. The molecule has 0 radical (unpaired) electrons. The fraction of sp³-hybridized carbons (Fsp3) is 0.158. The molecule has 0 fully saturated rings. The molecule has 106 valence electrons. The Labute approximate surface area is 130 Å². The summed E-state index contributed by atoms with van der Waals surface area (Å²) < 4.78 is 0. The lowest BCUT2D eigenvalue weighted by molar-refractivity contribution is 1.27. The Hall–Kier alpha value is -2.06. The maximum absolute atomic E-state index is 2.33. The number of hydrogen-bond acceptors (Lipinski definition) is 2. The van der Waals surface area contributed by atoms with Crippen LogP contribution in [0.25, 0.3) is 0 Å².